The van der Waals surface area contributed by atoms with Crippen LogP contribution in [0.5, 0.6) is 0 Å². The molecule has 156 valence electrons. The Bertz CT molecular complexity index is 804. The van der Waals surface area contributed by atoms with Crippen LogP contribution in [0.1, 0.15) is 38.5 Å². The zero-order valence-corrected chi connectivity index (χ0v) is 17.5. The lowest BCUT2D eigenvalue weighted by atomic mass is 9.93. The zero-order valence-electron chi connectivity index (χ0n) is 16.7. The van der Waals surface area contributed by atoms with Gasteiger partial charge in [0.2, 0.25) is 0 Å². The topological polar surface area (TPSA) is 82.1 Å². The maximum atomic E-state index is 9.70. The summed E-state index contributed by atoms with van der Waals surface area (Å²) in [6, 6.07) is 8.31. The molecule has 2 aromatic rings. The van der Waals surface area contributed by atoms with Crippen LogP contribution in [0.15, 0.2) is 30.5 Å². The van der Waals surface area contributed by atoms with E-state index in [1.807, 2.05) is 24.3 Å². The number of aliphatic hydroxyl groups excluding tert-OH is 1. The van der Waals surface area contributed by atoms with Gasteiger partial charge in [-0.1, -0.05) is 17.7 Å². The van der Waals surface area contributed by atoms with Crippen LogP contribution in [0, 0.1) is 5.92 Å². The Morgan fingerprint density at radius 3 is 2.79 bits per heavy atom. The Kier molecular flexibility index (Phi) is 6.85. The first-order chi connectivity index (χ1) is 14.2. The van der Waals surface area contributed by atoms with Crippen LogP contribution in [-0.4, -0.2) is 46.9 Å². The Morgan fingerprint density at radius 1 is 1.14 bits per heavy atom. The fourth-order valence-electron chi connectivity index (χ4n) is 4.17. The quantitative estimate of drug-likeness (QED) is 0.572. The largest absolute Gasteiger partial charge is 0.393 e. The molecule has 7 heteroatoms. The smallest absolute Gasteiger partial charge is 0.126 e. The van der Waals surface area contributed by atoms with Gasteiger partial charge in [-0.15, -0.1) is 0 Å². The molecule has 1 atom stereocenters. The summed E-state index contributed by atoms with van der Waals surface area (Å²) in [6.07, 6.45) is 7.60. The number of piperidine rings is 1. The van der Waals surface area contributed by atoms with E-state index in [-0.39, 0.29) is 6.10 Å². The van der Waals surface area contributed by atoms with E-state index in [9.17, 15) is 5.11 Å². The molecule has 1 aliphatic heterocycles. The molecular formula is C22H30ClN5O. The molecule has 0 bridgehead atoms. The van der Waals surface area contributed by atoms with Crippen LogP contribution in [0.25, 0.3) is 11.3 Å². The predicted molar refractivity (Wildman–Crippen MR) is 118 cm³/mol. The van der Waals surface area contributed by atoms with Crippen molar-refractivity contribution in [2.75, 3.05) is 30.3 Å². The molecule has 4 rings (SSSR count). The van der Waals surface area contributed by atoms with E-state index >= 15 is 0 Å². The second-order valence-electron chi connectivity index (χ2n) is 8.20. The number of aliphatic hydroxyl groups is 1. The summed E-state index contributed by atoms with van der Waals surface area (Å²) in [4.78, 5) is 9.22. The number of halogens is 1. The van der Waals surface area contributed by atoms with Gasteiger partial charge in [-0.3, -0.25) is 0 Å². The van der Waals surface area contributed by atoms with Crippen molar-refractivity contribution in [3.63, 3.8) is 0 Å². The normalized spacial score (nSPS) is 24.8. The van der Waals surface area contributed by atoms with Gasteiger partial charge in [-0.25, -0.2) is 9.97 Å². The van der Waals surface area contributed by atoms with Crippen molar-refractivity contribution in [1.29, 1.82) is 0 Å². The standard InChI is InChI=1S/C22H30ClN5O/c23-19-14-26-22(27-16-6-8-17(29)9-7-16)11-18(19)20-4-1-5-21(28-20)25-13-15-3-2-10-24-12-15/h1,4-5,11,14-17,24,29H,2-3,6-10,12-13H2,(H,25,28)(H,26,27)/t15-,16?,17?/m0/s1. The first-order valence-corrected chi connectivity index (χ1v) is 11.1. The summed E-state index contributed by atoms with van der Waals surface area (Å²) in [6.45, 7) is 3.12. The molecule has 0 aromatic carbocycles. The van der Waals surface area contributed by atoms with Gasteiger partial charge in [0.1, 0.15) is 11.6 Å². The van der Waals surface area contributed by atoms with Gasteiger partial charge in [0.05, 0.1) is 16.8 Å². The van der Waals surface area contributed by atoms with Gasteiger partial charge in [0.25, 0.3) is 0 Å². The molecule has 1 saturated heterocycles. The third-order valence-corrected chi connectivity index (χ3v) is 6.20. The summed E-state index contributed by atoms with van der Waals surface area (Å²) in [5.74, 6) is 2.32. The summed E-state index contributed by atoms with van der Waals surface area (Å²) in [5, 5.41) is 20.7. The second-order valence-corrected chi connectivity index (χ2v) is 8.61. The van der Waals surface area contributed by atoms with Crippen molar-refractivity contribution >= 4 is 23.2 Å². The van der Waals surface area contributed by atoms with Gasteiger partial charge in [-0.2, -0.15) is 0 Å². The number of nitrogens with one attached hydrogen (secondary N) is 3. The van der Waals surface area contributed by atoms with E-state index in [2.05, 4.69) is 20.9 Å². The lowest BCUT2D eigenvalue weighted by Gasteiger charge is -2.26. The zero-order chi connectivity index (χ0) is 20.1. The molecule has 3 heterocycles. The molecule has 4 N–H and O–H groups in total. The van der Waals surface area contributed by atoms with E-state index in [1.54, 1.807) is 6.20 Å². The van der Waals surface area contributed by atoms with Crippen molar-refractivity contribution in [2.24, 2.45) is 5.92 Å². The lowest BCUT2D eigenvalue weighted by Crippen LogP contribution is -2.33. The highest BCUT2D eigenvalue weighted by Crippen LogP contribution is 2.30. The van der Waals surface area contributed by atoms with Crippen LogP contribution < -0.4 is 16.0 Å². The molecule has 2 fully saturated rings. The Morgan fingerprint density at radius 2 is 2.00 bits per heavy atom. The van der Waals surface area contributed by atoms with Crippen molar-refractivity contribution in [1.82, 2.24) is 15.3 Å². The van der Waals surface area contributed by atoms with Gasteiger partial charge in [-0.05, 0) is 75.7 Å². The molecular weight excluding hydrogens is 386 g/mol. The maximum absolute atomic E-state index is 9.70. The minimum Gasteiger partial charge on any atom is -0.393 e. The number of anilines is 2. The summed E-state index contributed by atoms with van der Waals surface area (Å²) in [7, 11) is 0. The molecule has 0 unspecified atom stereocenters. The highest BCUT2D eigenvalue weighted by Gasteiger charge is 2.20. The molecule has 0 radical (unpaired) electrons. The monoisotopic (exact) mass is 415 g/mol. The molecule has 29 heavy (non-hydrogen) atoms. The van der Waals surface area contributed by atoms with Crippen molar-refractivity contribution in [3.8, 4) is 11.3 Å². The van der Waals surface area contributed by atoms with Gasteiger partial charge < -0.3 is 21.1 Å². The highest BCUT2D eigenvalue weighted by atomic mass is 35.5. The molecule has 2 aliphatic rings. The van der Waals surface area contributed by atoms with Crippen molar-refractivity contribution in [3.05, 3.63) is 35.5 Å². The van der Waals surface area contributed by atoms with Crippen LogP contribution in [0.3, 0.4) is 0 Å². The average Bonchev–Trinajstić information content (AvgIpc) is 2.76. The van der Waals surface area contributed by atoms with Gasteiger partial charge >= 0.3 is 0 Å². The van der Waals surface area contributed by atoms with E-state index in [0.29, 0.717) is 17.0 Å². The molecule has 0 amide bonds. The van der Waals surface area contributed by atoms with Crippen LogP contribution in [-0.2, 0) is 0 Å². The van der Waals surface area contributed by atoms with Crippen LogP contribution >= 0.6 is 11.6 Å². The fourth-order valence-corrected chi connectivity index (χ4v) is 4.37. The number of hydrogen-bond donors (Lipinski definition) is 4. The number of nitrogens with zero attached hydrogens (tertiary/aromatic N) is 2. The number of rotatable bonds is 6. The first kappa shape index (κ1) is 20.4. The summed E-state index contributed by atoms with van der Waals surface area (Å²) >= 11 is 6.45. The molecule has 1 saturated carbocycles. The minimum absolute atomic E-state index is 0.161. The molecule has 2 aromatic heterocycles. The Balaban J connectivity index is 1.44. The van der Waals surface area contributed by atoms with Gasteiger partial charge in [0, 0.05) is 24.3 Å². The Labute approximate surface area is 177 Å². The van der Waals surface area contributed by atoms with E-state index in [0.717, 1.165) is 68.2 Å². The highest BCUT2D eigenvalue weighted by molar-refractivity contribution is 6.33. The second kappa shape index (κ2) is 9.74. The van der Waals surface area contributed by atoms with Crippen molar-refractivity contribution in [2.45, 2.75) is 50.7 Å². The molecule has 1 aliphatic carbocycles. The van der Waals surface area contributed by atoms with E-state index < -0.39 is 0 Å². The predicted octanol–water partition coefficient (Wildman–Crippen LogP) is 3.92. The SMILES string of the molecule is OC1CCC(Nc2cc(-c3cccc(NC[C@H]4CCCNC4)n3)c(Cl)cn2)CC1. The third kappa shape index (κ3) is 5.59. The van der Waals surface area contributed by atoms with E-state index in [4.69, 9.17) is 16.6 Å². The number of pyridine rings is 2. The van der Waals surface area contributed by atoms with Gasteiger partial charge in [0.15, 0.2) is 0 Å². The molecule has 0 spiro atoms. The number of aromatic nitrogens is 2. The number of hydrogen-bond acceptors (Lipinski definition) is 6. The third-order valence-electron chi connectivity index (χ3n) is 5.90. The van der Waals surface area contributed by atoms with Crippen LogP contribution in [0.4, 0.5) is 11.6 Å². The average molecular weight is 416 g/mol. The summed E-state index contributed by atoms with van der Waals surface area (Å²) in [5.41, 5.74) is 1.72. The minimum atomic E-state index is -0.161. The van der Waals surface area contributed by atoms with Crippen molar-refractivity contribution < 1.29 is 5.11 Å². The molecule has 6 nitrogen and oxygen atoms in total. The fraction of sp³-hybridized carbons (Fsp3) is 0.545. The van der Waals surface area contributed by atoms with E-state index in [1.165, 1.54) is 12.8 Å². The summed E-state index contributed by atoms with van der Waals surface area (Å²) < 4.78 is 0. The first-order valence-electron chi connectivity index (χ1n) is 10.7. The lowest BCUT2D eigenvalue weighted by molar-refractivity contribution is 0.126. The van der Waals surface area contributed by atoms with Crippen LogP contribution in [0.2, 0.25) is 5.02 Å². The Hall–Kier alpha value is -1.89. The maximum Gasteiger partial charge on any atom is 0.126 e.